The molecule has 0 radical (unpaired) electrons. The lowest BCUT2D eigenvalue weighted by atomic mass is 10.0. The predicted molar refractivity (Wildman–Crippen MR) is 77.1 cm³/mol. The summed E-state index contributed by atoms with van der Waals surface area (Å²) >= 11 is 6.22. The van der Waals surface area contributed by atoms with Crippen molar-refractivity contribution in [3.05, 3.63) is 46.8 Å². The van der Waals surface area contributed by atoms with Crippen LogP contribution in [0.4, 0.5) is 5.69 Å². The maximum absolute atomic E-state index is 11.8. The Morgan fingerprint density at radius 2 is 2.11 bits per heavy atom. The molecular weight excluding hydrogens is 246 g/mol. The molecule has 96 valence electrons. The van der Waals surface area contributed by atoms with E-state index in [4.69, 9.17) is 11.6 Å². The highest BCUT2D eigenvalue weighted by Gasteiger charge is 2.18. The van der Waals surface area contributed by atoms with Gasteiger partial charge in [-0.25, -0.2) is 0 Å². The molecule has 0 saturated heterocycles. The Balaban J connectivity index is 3.56. The Kier molecular flexibility index (Phi) is 5.21. The van der Waals surface area contributed by atoms with Crippen molar-refractivity contribution in [1.29, 1.82) is 0 Å². The second kappa shape index (κ2) is 6.44. The Bertz CT molecular complexity index is 499. The van der Waals surface area contributed by atoms with Gasteiger partial charge in [0.2, 0.25) is 5.91 Å². The van der Waals surface area contributed by atoms with Gasteiger partial charge in [-0.2, -0.15) is 0 Å². The van der Waals surface area contributed by atoms with Gasteiger partial charge in [0.25, 0.3) is 0 Å². The first-order valence-corrected chi connectivity index (χ1v) is 6.40. The van der Waals surface area contributed by atoms with Gasteiger partial charge < -0.3 is 0 Å². The lowest BCUT2D eigenvalue weighted by Gasteiger charge is -2.23. The third kappa shape index (κ3) is 2.84. The van der Waals surface area contributed by atoms with E-state index in [0.29, 0.717) is 5.02 Å². The third-order valence-corrected chi connectivity index (χ3v) is 3.20. The first-order valence-electron chi connectivity index (χ1n) is 6.02. The summed E-state index contributed by atoms with van der Waals surface area (Å²) in [4.78, 5) is 13.3. The Hall–Kier alpha value is -1.50. The Morgan fingerprint density at radius 1 is 1.44 bits per heavy atom. The molecule has 0 bridgehead atoms. The van der Waals surface area contributed by atoms with Crippen molar-refractivity contribution in [2.45, 2.75) is 33.6 Å². The smallest absolute Gasteiger partial charge is 0.228 e. The van der Waals surface area contributed by atoms with Gasteiger partial charge >= 0.3 is 0 Å². The normalized spacial score (nSPS) is 9.78. The zero-order valence-electron chi connectivity index (χ0n) is 11.1. The molecule has 0 N–H and O–H groups in total. The number of anilines is 1. The van der Waals surface area contributed by atoms with Gasteiger partial charge in [0.05, 0.1) is 11.9 Å². The molecule has 0 spiro atoms. The molecule has 1 aromatic rings. The van der Waals surface area contributed by atoms with Crippen molar-refractivity contribution < 1.29 is 4.79 Å². The van der Waals surface area contributed by atoms with E-state index in [1.807, 2.05) is 19.1 Å². The quantitative estimate of drug-likeness (QED) is 0.749. The average molecular weight is 264 g/mol. The van der Waals surface area contributed by atoms with Gasteiger partial charge in [0, 0.05) is 11.9 Å². The van der Waals surface area contributed by atoms with Crippen LogP contribution in [-0.4, -0.2) is 5.91 Å². The van der Waals surface area contributed by atoms with Crippen LogP contribution in [0.15, 0.2) is 30.6 Å². The minimum Gasteiger partial charge on any atom is -0.280 e. The van der Waals surface area contributed by atoms with E-state index in [1.165, 1.54) is 6.92 Å². The summed E-state index contributed by atoms with van der Waals surface area (Å²) in [6.45, 7) is 9.14. The third-order valence-electron chi connectivity index (χ3n) is 2.84. The molecule has 0 heterocycles. The summed E-state index contributed by atoms with van der Waals surface area (Å²) in [6, 6.07) is 3.85. The molecule has 0 aliphatic rings. The number of carbonyl (C=O) groups is 1. The minimum atomic E-state index is -0.0715. The zero-order valence-corrected chi connectivity index (χ0v) is 11.8. The van der Waals surface area contributed by atoms with E-state index in [2.05, 4.69) is 19.2 Å². The summed E-state index contributed by atoms with van der Waals surface area (Å²) in [6.07, 6.45) is 3.18. The first-order chi connectivity index (χ1) is 8.56. The maximum Gasteiger partial charge on any atom is 0.228 e. The van der Waals surface area contributed by atoms with Crippen molar-refractivity contribution in [2.24, 2.45) is 0 Å². The van der Waals surface area contributed by atoms with Crippen LogP contribution < -0.4 is 4.90 Å². The second-order valence-electron chi connectivity index (χ2n) is 3.96. The summed E-state index contributed by atoms with van der Waals surface area (Å²) in [5.41, 5.74) is 5.61. The zero-order chi connectivity index (χ0) is 13.7. The number of nitrogens with zero attached hydrogens (tertiary/aromatic N) is 1. The summed E-state index contributed by atoms with van der Waals surface area (Å²) in [5, 5.41) is 0.688. The van der Waals surface area contributed by atoms with Gasteiger partial charge in [0.1, 0.15) is 0 Å². The van der Waals surface area contributed by atoms with Crippen LogP contribution in [0.1, 0.15) is 31.9 Å². The van der Waals surface area contributed by atoms with Crippen LogP contribution in [0.25, 0.3) is 0 Å². The molecule has 0 atom stereocenters. The lowest BCUT2D eigenvalue weighted by molar-refractivity contribution is -0.116. The molecule has 0 unspecified atom stereocenters. The number of carbonyl (C=O) groups excluding carboxylic acids is 1. The number of benzene rings is 1. The fourth-order valence-corrected chi connectivity index (χ4v) is 2.27. The highest BCUT2D eigenvalue weighted by molar-refractivity contribution is 6.32. The van der Waals surface area contributed by atoms with Gasteiger partial charge in [-0.3, -0.25) is 9.69 Å². The predicted octanol–water partition coefficient (Wildman–Crippen LogP) is 4.12. The molecule has 3 heteroatoms. The topological polar surface area (TPSA) is 20.3 Å². The SMILES string of the molecule is C=C=CN(C(C)=O)c1c(CC)ccc(Cl)c1CC. The van der Waals surface area contributed by atoms with Gasteiger partial charge in [-0.1, -0.05) is 38.1 Å². The van der Waals surface area contributed by atoms with Crippen molar-refractivity contribution in [3.8, 4) is 0 Å². The highest BCUT2D eigenvalue weighted by Crippen LogP contribution is 2.32. The summed E-state index contributed by atoms with van der Waals surface area (Å²) in [7, 11) is 0. The van der Waals surface area contributed by atoms with Gasteiger partial charge in [0.15, 0.2) is 0 Å². The van der Waals surface area contributed by atoms with E-state index in [-0.39, 0.29) is 5.91 Å². The highest BCUT2D eigenvalue weighted by atomic mass is 35.5. The summed E-state index contributed by atoms with van der Waals surface area (Å²) in [5.74, 6) is -0.0715. The Morgan fingerprint density at radius 3 is 2.56 bits per heavy atom. The molecule has 1 aromatic carbocycles. The molecular formula is C15H18ClNO. The lowest BCUT2D eigenvalue weighted by Crippen LogP contribution is -2.24. The molecule has 0 saturated carbocycles. The largest absolute Gasteiger partial charge is 0.280 e. The van der Waals surface area contributed by atoms with Crippen molar-refractivity contribution in [2.75, 3.05) is 4.90 Å². The van der Waals surface area contributed by atoms with Crippen LogP contribution in [0.3, 0.4) is 0 Å². The molecule has 0 aliphatic heterocycles. The van der Waals surface area contributed by atoms with Crippen LogP contribution in [0, 0.1) is 0 Å². The number of hydrogen-bond donors (Lipinski definition) is 0. The van der Waals surface area contributed by atoms with E-state index in [1.54, 1.807) is 11.1 Å². The molecule has 2 nitrogen and oxygen atoms in total. The molecule has 1 amide bonds. The first kappa shape index (κ1) is 14.6. The van der Waals surface area contributed by atoms with Crippen LogP contribution >= 0.6 is 11.6 Å². The van der Waals surface area contributed by atoms with Crippen molar-refractivity contribution in [3.63, 3.8) is 0 Å². The molecule has 0 aliphatic carbocycles. The number of rotatable bonds is 4. The van der Waals surface area contributed by atoms with Crippen LogP contribution in [0.2, 0.25) is 5.02 Å². The second-order valence-corrected chi connectivity index (χ2v) is 4.37. The fourth-order valence-electron chi connectivity index (χ4n) is 1.99. The number of halogens is 1. The molecule has 0 fully saturated rings. The van der Waals surface area contributed by atoms with Crippen LogP contribution in [0.5, 0.6) is 0 Å². The standard InChI is InChI=1S/C15H18ClNO/c1-5-10-17(11(4)18)15-12(6-2)8-9-14(16)13(15)7-3/h8-10H,1,6-7H2,2-4H3. The fraction of sp³-hybridized carbons (Fsp3) is 0.333. The summed E-state index contributed by atoms with van der Waals surface area (Å²) < 4.78 is 0. The van der Waals surface area contributed by atoms with E-state index < -0.39 is 0 Å². The Labute approximate surface area is 114 Å². The molecule has 1 rings (SSSR count). The van der Waals surface area contributed by atoms with E-state index in [0.717, 1.165) is 29.7 Å². The van der Waals surface area contributed by atoms with Crippen molar-refractivity contribution >= 4 is 23.2 Å². The molecule has 0 aromatic heterocycles. The number of aryl methyl sites for hydroxylation is 1. The minimum absolute atomic E-state index is 0.0715. The number of hydrogen-bond acceptors (Lipinski definition) is 1. The monoisotopic (exact) mass is 263 g/mol. The molecule has 18 heavy (non-hydrogen) atoms. The van der Waals surface area contributed by atoms with Gasteiger partial charge in [-0.15, -0.1) is 5.73 Å². The van der Waals surface area contributed by atoms with Crippen molar-refractivity contribution in [1.82, 2.24) is 0 Å². The van der Waals surface area contributed by atoms with E-state index in [9.17, 15) is 4.79 Å². The maximum atomic E-state index is 11.8. The average Bonchev–Trinajstić information content (AvgIpc) is 2.35. The van der Waals surface area contributed by atoms with E-state index >= 15 is 0 Å². The number of amides is 1. The van der Waals surface area contributed by atoms with Crippen LogP contribution in [-0.2, 0) is 17.6 Å². The van der Waals surface area contributed by atoms with Gasteiger partial charge in [-0.05, 0) is 30.0 Å².